The summed E-state index contributed by atoms with van der Waals surface area (Å²) in [4.78, 5) is 21.6. The number of hydrogen-bond donors (Lipinski definition) is 2. The van der Waals surface area contributed by atoms with Crippen molar-refractivity contribution >= 4 is 11.9 Å². The molecule has 0 aliphatic rings. The van der Waals surface area contributed by atoms with Crippen LogP contribution in [0, 0.1) is 6.92 Å². The van der Waals surface area contributed by atoms with Gasteiger partial charge in [0.05, 0.1) is 13.0 Å². The number of rotatable bonds is 9. The Morgan fingerprint density at radius 2 is 2.05 bits per heavy atom. The van der Waals surface area contributed by atoms with E-state index in [1.807, 2.05) is 31.2 Å². The molecule has 1 aromatic carbocycles. The van der Waals surface area contributed by atoms with E-state index in [0.717, 1.165) is 24.2 Å². The normalized spacial score (nSPS) is 10.1. The van der Waals surface area contributed by atoms with Crippen LogP contribution in [0.5, 0.6) is 5.75 Å². The Morgan fingerprint density at radius 1 is 1.25 bits per heavy atom. The van der Waals surface area contributed by atoms with E-state index >= 15 is 0 Å². The third-order valence-electron chi connectivity index (χ3n) is 2.72. The van der Waals surface area contributed by atoms with Gasteiger partial charge < -0.3 is 15.2 Å². The Balaban J connectivity index is 2.04. The van der Waals surface area contributed by atoms with Crippen LogP contribution >= 0.6 is 0 Å². The zero-order valence-electron chi connectivity index (χ0n) is 11.7. The second kappa shape index (κ2) is 8.96. The molecule has 0 aromatic heterocycles. The first kappa shape index (κ1) is 16.0. The summed E-state index contributed by atoms with van der Waals surface area (Å²) in [7, 11) is 0. The van der Waals surface area contributed by atoms with Gasteiger partial charge in [-0.05, 0) is 37.5 Å². The fourth-order valence-corrected chi connectivity index (χ4v) is 1.68. The van der Waals surface area contributed by atoms with Crippen molar-refractivity contribution in [3.63, 3.8) is 0 Å². The van der Waals surface area contributed by atoms with Gasteiger partial charge in [-0.25, -0.2) is 0 Å². The molecule has 20 heavy (non-hydrogen) atoms. The molecule has 5 nitrogen and oxygen atoms in total. The number of unbranched alkanes of at least 4 members (excludes halogenated alkanes) is 1. The molecule has 110 valence electrons. The quantitative estimate of drug-likeness (QED) is 0.679. The second-order valence-corrected chi connectivity index (χ2v) is 4.62. The van der Waals surface area contributed by atoms with Gasteiger partial charge in [0.25, 0.3) is 0 Å². The summed E-state index contributed by atoms with van der Waals surface area (Å²) in [6, 6.07) is 7.83. The Bertz CT molecular complexity index is 445. The number of carboxylic acid groups (broad SMARTS) is 1. The first-order chi connectivity index (χ1) is 9.58. The van der Waals surface area contributed by atoms with E-state index in [2.05, 4.69) is 5.32 Å². The summed E-state index contributed by atoms with van der Waals surface area (Å²) in [5.74, 6) is -0.172. The van der Waals surface area contributed by atoms with E-state index in [0.29, 0.717) is 13.0 Å². The summed E-state index contributed by atoms with van der Waals surface area (Å²) in [5, 5.41) is 11.0. The van der Waals surface area contributed by atoms with Gasteiger partial charge in [0, 0.05) is 13.0 Å². The summed E-state index contributed by atoms with van der Waals surface area (Å²) in [5.41, 5.74) is 1.15. The van der Waals surface area contributed by atoms with Crippen LogP contribution in [0.4, 0.5) is 0 Å². The Hall–Kier alpha value is -2.04. The van der Waals surface area contributed by atoms with Crippen LogP contribution in [0.25, 0.3) is 0 Å². The SMILES string of the molecule is Cc1cccc(OCCCCC(=O)NCCC(=O)O)c1. The molecule has 0 unspecified atom stereocenters. The smallest absolute Gasteiger partial charge is 0.305 e. The molecule has 2 N–H and O–H groups in total. The second-order valence-electron chi connectivity index (χ2n) is 4.62. The van der Waals surface area contributed by atoms with Gasteiger partial charge in [-0.2, -0.15) is 0 Å². The molecule has 0 saturated heterocycles. The van der Waals surface area contributed by atoms with Crippen LogP contribution in [0.15, 0.2) is 24.3 Å². The van der Waals surface area contributed by atoms with Crippen molar-refractivity contribution in [1.29, 1.82) is 0 Å². The minimum Gasteiger partial charge on any atom is -0.494 e. The van der Waals surface area contributed by atoms with E-state index in [4.69, 9.17) is 9.84 Å². The maximum absolute atomic E-state index is 11.4. The first-order valence-corrected chi connectivity index (χ1v) is 6.76. The molecule has 0 aliphatic carbocycles. The van der Waals surface area contributed by atoms with Crippen molar-refractivity contribution < 1.29 is 19.4 Å². The van der Waals surface area contributed by atoms with Gasteiger partial charge >= 0.3 is 5.97 Å². The predicted octanol–water partition coefficient (Wildman–Crippen LogP) is 2.14. The molecule has 0 saturated carbocycles. The van der Waals surface area contributed by atoms with Gasteiger partial charge in [0.15, 0.2) is 0 Å². The molecule has 5 heteroatoms. The molecule has 0 radical (unpaired) electrons. The molecule has 0 atom stereocenters. The topological polar surface area (TPSA) is 75.6 Å². The number of aliphatic carboxylic acids is 1. The lowest BCUT2D eigenvalue weighted by Gasteiger charge is -2.07. The lowest BCUT2D eigenvalue weighted by atomic mass is 10.2. The van der Waals surface area contributed by atoms with Gasteiger partial charge in [0.1, 0.15) is 5.75 Å². The van der Waals surface area contributed by atoms with E-state index < -0.39 is 5.97 Å². The average Bonchev–Trinajstić information content (AvgIpc) is 2.38. The zero-order chi connectivity index (χ0) is 14.8. The maximum Gasteiger partial charge on any atom is 0.305 e. The van der Waals surface area contributed by atoms with Crippen molar-refractivity contribution in [3.05, 3.63) is 29.8 Å². The largest absolute Gasteiger partial charge is 0.494 e. The van der Waals surface area contributed by atoms with Crippen LogP contribution in [-0.2, 0) is 9.59 Å². The van der Waals surface area contributed by atoms with Crippen LogP contribution in [0.2, 0.25) is 0 Å². The highest BCUT2D eigenvalue weighted by Gasteiger charge is 2.02. The molecule has 0 fully saturated rings. The maximum atomic E-state index is 11.4. The molecular weight excluding hydrogens is 258 g/mol. The number of amides is 1. The van der Waals surface area contributed by atoms with E-state index in [9.17, 15) is 9.59 Å². The van der Waals surface area contributed by atoms with Crippen LogP contribution in [0.3, 0.4) is 0 Å². The van der Waals surface area contributed by atoms with Crippen LogP contribution in [0.1, 0.15) is 31.2 Å². The molecule has 1 rings (SSSR count). The van der Waals surface area contributed by atoms with Crippen molar-refractivity contribution in [2.75, 3.05) is 13.2 Å². The van der Waals surface area contributed by atoms with E-state index in [1.165, 1.54) is 0 Å². The Morgan fingerprint density at radius 3 is 2.75 bits per heavy atom. The van der Waals surface area contributed by atoms with Gasteiger partial charge in [-0.3, -0.25) is 9.59 Å². The first-order valence-electron chi connectivity index (χ1n) is 6.76. The fourth-order valence-electron chi connectivity index (χ4n) is 1.68. The highest BCUT2D eigenvalue weighted by atomic mass is 16.5. The highest BCUT2D eigenvalue weighted by molar-refractivity contribution is 5.76. The summed E-state index contributed by atoms with van der Waals surface area (Å²) < 4.78 is 5.57. The summed E-state index contributed by atoms with van der Waals surface area (Å²) in [6.45, 7) is 2.77. The molecule has 0 aliphatic heterocycles. The number of hydrogen-bond acceptors (Lipinski definition) is 3. The average molecular weight is 279 g/mol. The predicted molar refractivity (Wildman–Crippen MR) is 75.8 cm³/mol. The Labute approximate surface area is 118 Å². The number of carbonyl (C=O) groups excluding carboxylic acids is 1. The van der Waals surface area contributed by atoms with Crippen molar-refractivity contribution in [2.24, 2.45) is 0 Å². The third kappa shape index (κ3) is 7.41. The number of benzene rings is 1. The summed E-state index contributed by atoms with van der Waals surface area (Å²) in [6.07, 6.45) is 1.88. The monoisotopic (exact) mass is 279 g/mol. The number of ether oxygens (including phenoxy) is 1. The minimum atomic E-state index is -0.906. The van der Waals surface area contributed by atoms with Crippen molar-refractivity contribution in [2.45, 2.75) is 32.6 Å². The molecule has 1 amide bonds. The van der Waals surface area contributed by atoms with Crippen LogP contribution in [-0.4, -0.2) is 30.1 Å². The van der Waals surface area contributed by atoms with E-state index in [1.54, 1.807) is 0 Å². The molecular formula is C15H21NO4. The van der Waals surface area contributed by atoms with Crippen LogP contribution < -0.4 is 10.1 Å². The molecule has 0 spiro atoms. The van der Waals surface area contributed by atoms with E-state index in [-0.39, 0.29) is 18.9 Å². The zero-order valence-corrected chi connectivity index (χ0v) is 11.7. The number of carbonyl (C=O) groups is 2. The molecule has 1 aromatic rings. The van der Waals surface area contributed by atoms with Gasteiger partial charge in [-0.15, -0.1) is 0 Å². The number of aryl methyl sites for hydroxylation is 1. The fraction of sp³-hybridized carbons (Fsp3) is 0.467. The lowest BCUT2D eigenvalue weighted by molar-refractivity contribution is -0.136. The molecule has 0 heterocycles. The highest BCUT2D eigenvalue weighted by Crippen LogP contribution is 2.12. The number of carboxylic acids is 1. The standard InChI is InChI=1S/C15H21NO4/c1-12-5-4-6-13(11-12)20-10-3-2-7-14(17)16-9-8-15(18)19/h4-6,11H,2-3,7-10H2,1H3,(H,16,17)(H,18,19). The van der Waals surface area contributed by atoms with Crippen molar-refractivity contribution in [3.8, 4) is 5.75 Å². The molecule has 0 bridgehead atoms. The van der Waals surface area contributed by atoms with Gasteiger partial charge in [-0.1, -0.05) is 12.1 Å². The van der Waals surface area contributed by atoms with Crippen molar-refractivity contribution in [1.82, 2.24) is 5.32 Å². The minimum absolute atomic E-state index is 0.0395. The Kier molecular flexibility index (Phi) is 7.17. The lowest BCUT2D eigenvalue weighted by Crippen LogP contribution is -2.25. The summed E-state index contributed by atoms with van der Waals surface area (Å²) >= 11 is 0. The third-order valence-corrected chi connectivity index (χ3v) is 2.72. The van der Waals surface area contributed by atoms with Gasteiger partial charge in [0.2, 0.25) is 5.91 Å². The number of nitrogens with one attached hydrogen (secondary N) is 1.